The van der Waals surface area contributed by atoms with Crippen molar-refractivity contribution in [2.24, 2.45) is 0 Å². The van der Waals surface area contributed by atoms with Crippen molar-refractivity contribution in [3.8, 4) is 0 Å². The molecule has 14 nitrogen and oxygen atoms in total. The first-order valence-electron chi connectivity index (χ1n) is 13.4. The summed E-state index contributed by atoms with van der Waals surface area (Å²) in [7, 11) is -2.24. The molecule has 0 bridgehead atoms. The molecule has 0 unspecified atom stereocenters. The zero-order valence-corrected chi connectivity index (χ0v) is 26.1. The molecule has 15 heteroatoms. The Morgan fingerprint density at radius 3 is 1.85 bits per heavy atom. The molecule has 2 fully saturated rings. The first-order chi connectivity index (χ1) is 18.8. The zero-order valence-electron chi connectivity index (χ0n) is 25.1. The van der Waals surface area contributed by atoms with Crippen LogP contribution in [0.3, 0.4) is 0 Å². The number of aliphatic hydroxyl groups is 2. The summed E-state index contributed by atoms with van der Waals surface area (Å²) < 4.78 is 45.1. The van der Waals surface area contributed by atoms with Gasteiger partial charge in [0.05, 0.1) is 12.7 Å². The number of rotatable bonds is 10. The van der Waals surface area contributed by atoms with Crippen molar-refractivity contribution in [1.29, 1.82) is 0 Å². The summed E-state index contributed by atoms with van der Waals surface area (Å²) >= 11 is 0. The van der Waals surface area contributed by atoms with Crippen molar-refractivity contribution in [3.05, 3.63) is 0 Å². The Labute approximate surface area is 240 Å². The lowest BCUT2D eigenvalue weighted by molar-refractivity contribution is -0.345. The van der Waals surface area contributed by atoms with Gasteiger partial charge in [0.15, 0.2) is 39.2 Å². The molecular formula is C26H44O14Si. The van der Waals surface area contributed by atoms with Crippen molar-refractivity contribution in [3.63, 3.8) is 0 Å². The highest BCUT2D eigenvalue weighted by Crippen LogP contribution is 2.38. The fraction of sp³-hybridized carbons (Fsp3) is 0.846. The lowest BCUT2D eigenvalue weighted by Gasteiger charge is -2.46. The predicted octanol–water partition coefficient (Wildman–Crippen LogP) is 0.945. The molecule has 2 rings (SSSR count). The van der Waals surface area contributed by atoms with Crippen molar-refractivity contribution in [2.75, 3.05) is 13.2 Å². The van der Waals surface area contributed by atoms with Crippen LogP contribution in [0.4, 0.5) is 0 Å². The third kappa shape index (κ3) is 9.97. The summed E-state index contributed by atoms with van der Waals surface area (Å²) in [5, 5.41) is 21.3. The lowest BCUT2D eigenvalue weighted by atomic mass is 9.97. The number of carbonyl (C=O) groups excluding carboxylic acids is 4. The number of aliphatic hydroxyl groups excluding tert-OH is 2. The molecule has 0 aliphatic carbocycles. The Hall–Kier alpha value is -2.14. The summed E-state index contributed by atoms with van der Waals surface area (Å²) in [5.41, 5.74) is 0. The summed E-state index contributed by atoms with van der Waals surface area (Å²) in [6, 6.07) is 0. The molecule has 0 radical (unpaired) electrons. The van der Waals surface area contributed by atoms with E-state index in [4.69, 9.17) is 37.6 Å². The second-order valence-corrected chi connectivity index (χ2v) is 16.5. The number of ether oxygens (including phenoxy) is 7. The minimum atomic E-state index is -2.24. The Morgan fingerprint density at radius 2 is 1.34 bits per heavy atom. The van der Waals surface area contributed by atoms with E-state index in [-0.39, 0.29) is 18.1 Å². The van der Waals surface area contributed by atoms with Crippen LogP contribution in [0.15, 0.2) is 0 Å². The third-order valence-corrected chi connectivity index (χ3v) is 11.7. The van der Waals surface area contributed by atoms with Crippen LogP contribution < -0.4 is 0 Å². The molecule has 0 amide bonds. The average Bonchev–Trinajstić information content (AvgIpc) is 2.80. The van der Waals surface area contributed by atoms with E-state index < -0.39 is 94.1 Å². The molecule has 2 aliphatic heterocycles. The van der Waals surface area contributed by atoms with Crippen molar-refractivity contribution in [2.45, 2.75) is 128 Å². The van der Waals surface area contributed by atoms with E-state index in [0.29, 0.717) is 0 Å². The molecule has 236 valence electrons. The highest BCUT2D eigenvalue weighted by molar-refractivity contribution is 6.74. The van der Waals surface area contributed by atoms with Gasteiger partial charge in [-0.25, -0.2) is 0 Å². The fourth-order valence-electron chi connectivity index (χ4n) is 4.14. The molecule has 2 N–H and O–H groups in total. The van der Waals surface area contributed by atoms with Crippen LogP contribution in [0.2, 0.25) is 18.1 Å². The quantitative estimate of drug-likeness (QED) is 0.203. The van der Waals surface area contributed by atoms with Gasteiger partial charge >= 0.3 is 23.9 Å². The maximum atomic E-state index is 12.1. The highest BCUT2D eigenvalue weighted by atomic mass is 28.4. The van der Waals surface area contributed by atoms with Gasteiger partial charge in [0.25, 0.3) is 0 Å². The minimum absolute atomic E-state index is 0.0184. The summed E-state index contributed by atoms with van der Waals surface area (Å²) in [4.78, 5) is 47.3. The van der Waals surface area contributed by atoms with E-state index in [9.17, 15) is 29.4 Å². The topological polar surface area (TPSA) is 183 Å². The number of hydrogen-bond acceptors (Lipinski definition) is 14. The van der Waals surface area contributed by atoms with Gasteiger partial charge in [-0.3, -0.25) is 19.2 Å². The molecule has 41 heavy (non-hydrogen) atoms. The molecule has 0 spiro atoms. The van der Waals surface area contributed by atoms with Crippen LogP contribution in [-0.2, 0) is 56.8 Å². The minimum Gasteiger partial charge on any atom is -0.463 e. The van der Waals surface area contributed by atoms with Crippen molar-refractivity contribution >= 4 is 32.2 Å². The maximum Gasteiger partial charge on any atom is 0.303 e. The number of carbonyl (C=O) groups is 4. The van der Waals surface area contributed by atoms with Crippen LogP contribution in [0.25, 0.3) is 0 Å². The normalized spacial score (nSPS) is 32.5. The maximum absolute atomic E-state index is 12.1. The number of esters is 4. The van der Waals surface area contributed by atoms with Crippen molar-refractivity contribution in [1.82, 2.24) is 0 Å². The first kappa shape index (κ1) is 35.1. The van der Waals surface area contributed by atoms with Gasteiger partial charge in [0, 0.05) is 34.1 Å². The predicted molar refractivity (Wildman–Crippen MR) is 141 cm³/mol. The van der Waals surface area contributed by atoms with Gasteiger partial charge in [-0.1, -0.05) is 20.8 Å². The molecule has 9 atom stereocenters. The van der Waals surface area contributed by atoms with E-state index in [1.54, 1.807) is 0 Å². The van der Waals surface area contributed by atoms with Crippen LogP contribution in [0.1, 0.15) is 54.9 Å². The van der Waals surface area contributed by atoms with E-state index in [1.807, 2.05) is 13.1 Å². The van der Waals surface area contributed by atoms with Gasteiger partial charge < -0.3 is 47.8 Å². The molecule has 0 aromatic heterocycles. The molecular weight excluding hydrogens is 564 g/mol. The van der Waals surface area contributed by atoms with E-state index >= 15 is 0 Å². The largest absolute Gasteiger partial charge is 0.463 e. The molecule has 2 aliphatic rings. The van der Waals surface area contributed by atoms with Gasteiger partial charge in [0.1, 0.15) is 24.9 Å². The Kier molecular flexibility index (Phi) is 12.3. The van der Waals surface area contributed by atoms with Crippen LogP contribution in [0.5, 0.6) is 0 Å². The Balaban J connectivity index is 2.43. The third-order valence-electron chi connectivity index (χ3n) is 7.20. The van der Waals surface area contributed by atoms with Crippen LogP contribution >= 0.6 is 0 Å². The molecule has 0 aromatic rings. The zero-order chi connectivity index (χ0) is 31.3. The highest BCUT2D eigenvalue weighted by Gasteiger charge is 2.53. The summed E-state index contributed by atoms with van der Waals surface area (Å²) in [6.45, 7) is 14.4. The lowest BCUT2D eigenvalue weighted by Crippen LogP contribution is -2.64. The second kappa shape index (κ2) is 14.4. The van der Waals surface area contributed by atoms with Crippen molar-refractivity contribution < 1.29 is 67.0 Å². The number of hydrogen-bond donors (Lipinski definition) is 2. The van der Waals surface area contributed by atoms with Gasteiger partial charge in [0.2, 0.25) is 0 Å². The molecule has 0 aromatic carbocycles. The molecule has 0 saturated carbocycles. The summed E-state index contributed by atoms with van der Waals surface area (Å²) in [5.74, 6) is -2.93. The second-order valence-electron chi connectivity index (χ2n) is 11.7. The van der Waals surface area contributed by atoms with Crippen LogP contribution in [-0.4, -0.2) is 111 Å². The van der Waals surface area contributed by atoms with E-state index in [1.165, 1.54) is 6.92 Å². The summed E-state index contributed by atoms with van der Waals surface area (Å²) in [6.07, 6.45) is -11.8. The average molecular weight is 609 g/mol. The van der Waals surface area contributed by atoms with E-state index in [0.717, 1.165) is 20.8 Å². The van der Waals surface area contributed by atoms with Gasteiger partial charge in [-0.15, -0.1) is 0 Å². The monoisotopic (exact) mass is 608 g/mol. The molecule has 2 heterocycles. The molecule has 2 saturated heterocycles. The van der Waals surface area contributed by atoms with Gasteiger partial charge in [-0.05, 0) is 18.1 Å². The smallest absolute Gasteiger partial charge is 0.303 e. The Morgan fingerprint density at radius 1 is 0.780 bits per heavy atom. The fourth-order valence-corrected chi connectivity index (χ4v) is 5.15. The van der Waals surface area contributed by atoms with Gasteiger partial charge in [-0.2, -0.15) is 0 Å². The van der Waals surface area contributed by atoms with E-state index in [2.05, 4.69) is 20.8 Å². The van der Waals surface area contributed by atoms with Crippen LogP contribution in [0, 0.1) is 0 Å². The Bertz CT molecular complexity index is 934. The first-order valence-corrected chi connectivity index (χ1v) is 16.3. The SMILES string of the molecule is CC(=O)OC[C@H]1O[C@@H](O)[C@H](OC(C)=O)[C@@H](OC(C)=O)[C@@H]1O[C@@H]1O[C@H](CO[Si](C)(C)C(C)(C)C)[C@H](O)C[C@H]1OC(C)=O. The standard InChI is InChI=1S/C26H44O14Si/c1-13(27)33-11-20-21(22(36-15(3)29)23(24(32)38-20)37-16(4)30)40-25-18(35-14(2)28)10-17(31)19(39-25)12-34-41(8,9)26(5,6)7/h17-25,31-32H,10-12H2,1-9H3/t17-,18-,19-,20-,21-,22+,23-,24-,25+/m1/s1.